The second kappa shape index (κ2) is 5.51. The third kappa shape index (κ3) is 2.61. The van der Waals surface area contributed by atoms with Gasteiger partial charge in [0.25, 0.3) is 0 Å². The average molecular weight is 297 g/mol. The molecule has 1 amide bonds. The molecule has 6 nitrogen and oxygen atoms in total. The molecule has 0 N–H and O–H groups in total. The van der Waals surface area contributed by atoms with E-state index in [2.05, 4.69) is 27.5 Å². The Bertz CT molecular complexity index is 664. The van der Waals surface area contributed by atoms with Gasteiger partial charge >= 0.3 is 0 Å². The highest BCUT2D eigenvalue weighted by atomic mass is 16.2. The number of likely N-dealkylation sites (tertiary alicyclic amines) is 1. The lowest BCUT2D eigenvalue weighted by atomic mass is 10.0. The van der Waals surface area contributed by atoms with Gasteiger partial charge in [0.15, 0.2) is 5.82 Å². The van der Waals surface area contributed by atoms with Crippen molar-refractivity contribution in [3.8, 4) is 0 Å². The molecule has 1 aliphatic heterocycles. The highest BCUT2D eigenvalue weighted by Gasteiger charge is 2.31. The first-order valence-electron chi connectivity index (χ1n) is 7.93. The van der Waals surface area contributed by atoms with Crippen molar-refractivity contribution in [2.24, 2.45) is 0 Å². The average Bonchev–Trinajstić information content (AvgIpc) is 3.10. The molecule has 22 heavy (non-hydrogen) atoms. The Morgan fingerprint density at radius 3 is 2.77 bits per heavy atom. The quantitative estimate of drug-likeness (QED) is 0.865. The van der Waals surface area contributed by atoms with Gasteiger partial charge in [-0.2, -0.15) is 4.80 Å². The van der Waals surface area contributed by atoms with Crippen LogP contribution in [-0.4, -0.2) is 37.6 Å². The number of carbonyl (C=O) groups is 1. The van der Waals surface area contributed by atoms with Gasteiger partial charge in [-0.05, 0) is 36.5 Å². The van der Waals surface area contributed by atoms with Crippen LogP contribution in [0.3, 0.4) is 0 Å². The molecule has 0 unspecified atom stereocenters. The summed E-state index contributed by atoms with van der Waals surface area (Å²) in [6.07, 6.45) is 4.35. The van der Waals surface area contributed by atoms with Crippen molar-refractivity contribution in [1.82, 2.24) is 25.1 Å². The molecule has 1 aliphatic carbocycles. The van der Waals surface area contributed by atoms with Crippen LogP contribution in [0.15, 0.2) is 30.3 Å². The number of benzene rings is 1. The van der Waals surface area contributed by atoms with E-state index in [-0.39, 0.29) is 18.5 Å². The summed E-state index contributed by atoms with van der Waals surface area (Å²) in [4.78, 5) is 16.0. The summed E-state index contributed by atoms with van der Waals surface area (Å²) in [7, 11) is 0. The zero-order valence-corrected chi connectivity index (χ0v) is 12.4. The molecule has 1 atom stereocenters. The topological polar surface area (TPSA) is 63.9 Å². The molecule has 2 aromatic rings. The van der Waals surface area contributed by atoms with Gasteiger partial charge in [-0.3, -0.25) is 4.79 Å². The Morgan fingerprint density at radius 1 is 1.18 bits per heavy atom. The predicted octanol–water partition coefficient (Wildman–Crippen LogP) is 1.91. The zero-order chi connectivity index (χ0) is 14.9. The largest absolute Gasteiger partial charge is 0.334 e. The van der Waals surface area contributed by atoms with Gasteiger partial charge in [-0.1, -0.05) is 30.3 Å². The Hall–Kier alpha value is -2.24. The number of hydrogen-bond donors (Lipinski definition) is 0. The fourth-order valence-electron chi connectivity index (χ4n) is 3.13. The van der Waals surface area contributed by atoms with Gasteiger partial charge < -0.3 is 4.90 Å². The molecule has 0 bridgehead atoms. The Balaban J connectivity index is 1.46. The van der Waals surface area contributed by atoms with Gasteiger partial charge in [0.1, 0.15) is 6.54 Å². The molecule has 6 heteroatoms. The number of aromatic nitrogens is 4. The summed E-state index contributed by atoms with van der Waals surface area (Å²) >= 11 is 0. The molecule has 0 spiro atoms. The van der Waals surface area contributed by atoms with Crippen molar-refractivity contribution in [1.29, 1.82) is 0 Å². The molecular weight excluding hydrogens is 278 g/mol. The molecule has 4 rings (SSSR count). The van der Waals surface area contributed by atoms with Gasteiger partial charge in [-0.25, -0.2) is 0 Å². The maximum Gasteiger partial charge on any atom is 0.246 e. The van der Waals surface area contributed by atoms with Crippen LogP contribution in [0.2, 0.25) is 0 Å². The molecule has 2 aliphatic rings. The van der Waals surface area contributed by atoms with Crippen LogP contribution in [0, 0.1) is 0 Å². The van der Waals surface area contributed by atoms with Crippen molar-refractivity contribution >= 4 is 5.91 Å². The molecule has 2 heterocycles. The van der Waals surface area contributed by atoms with Crippen LogP contribution in [0.4, 0.5) is 0 Å². The minimum Gasteiger partial charge on any atom is -0.334 e. The minimum absolute atomic E-state index is 0.0751. The second-order valence-corrected chi connectivity index (χ2v) is 6.11. The van der Waals surface area contributed by atoms with Crippen molar-refractivity contribution in [3.63, 3.8) is 0 Å². The summed E-state index contributed by atoms with van der Waals surface area (Å²) in [6.45, 7) is 0.992. The molecule has 1 saturated heterocycles. The lowest BCUT2D eigenvalue weighted by Crippen LogP contribution is -2.34. The number of nitrogens with zero attached hydrogens (tertiary/aromatic N) is 5. The molecular formula is C16H19N5O. The van der Waals surface area contributed by atoms with Gasteiger partial charge in [0, 0.05) is 12.5 Å². The van der Waals surface area contributed by atoms with E-state index in [0.29, 0.717) is 5.92 Å². The molecule has 2 fully saturated rings. The van der Waals surface area contributed by atoms with Gasteiger partial charge in [-0.15, -0.1) is 10.2 Å². The van der Waals surface area contributed by atoms with Crippen molar-refractivity contribution in [2.45, 2.75) is 44.2 Å². The third-order valence-electron chi connectivity index (χ3n) is 4.44. The highest BCUT2D eigenvalue weighted by molar-refractivity contribution is 5.76. The zero-order valence-electron chi connectivity index (χ0n) is 12.4. The Morgan fingerprint density at radius 2 is 2.00 bits per heavy atom. The summed E-state index contributed by atoms with van der Waals surface area (Å²) in [5, 5.41) is 12.4. The molecule has 114 valence electrons. The van der Waals surface area contributed by atoms with E-state index in [0.717, 1.165) is 38.1 Å². The van der Waals surface area contributed by atoms with Crippen LogP contribution in [-0.2, 0) is 11.3 Å². The first-order chi connectivity index (χ1) is 10.8. The van der Waals surface area contributed by atoms with Crippen LogP contribution < -0.4 is 0 Å². The van der Waals surface area contributed by atoms with E-state index in [1.54, 1.807) is 0 Å². The van der Waals surface area contributed by atoms with E-state index in [1.165, 1.54) is 10.4 Å². The number of rotatable bonds is 4. The predicted molar refractivity (Wildman–Crippen MR) is 79.9 cm³/mol. The summed E-state index contributed by atoms with van der Waals surface area (Å²) in [5.74, 6) is 1.33. The highest BCUT2D eigenvalue weighted by Crippen LogP contribution is 2.37. The molecule has 0 radical (unpaired) electrons. The smallest absolute Gasteiger partial charge is 0.246 e. The number of hydrogen-bond acceptors (Lipinski definition) is 4. The fourth-order valence-corrected chi connectivity index (χ4v) is 3.13. The summed E-state index contributed by atoms with van der Waals surface area (Å²) < 4.78 is 0. The summed E-state index contributed by atoms with van der Waals surface area (Å²) in [6, 6.07) is 10.4. The van der Waals surface area contributed by atoms with E-state index >= 15 is 0 Å². The van der Waals surface area contributed by atoms with Crippen molar-refractivity contribution in [3.05, 3.63) is 41.7 Å². The summed E-state index contributed by atoms with van der Waals surface area (Å²) in [5.41, 5.74) is 1.21. The van der Waals surface area contributed by atoms with Gasteiger partial charge in [0.05, 0.1) is 6.04 Å². The lowest BCUT2D eigenvalue weighted by Gasteiger charge is -2.24. The second-order valence-electron chi connectivity index (χ2n) is 6.11. The first kappa shape index (κ1) is 13.4. The SMILES string of the molecule is O=C(Cn1nnc(C2CC2)n1)N1CCC[C@@H]1c1ccccc1. The molecule has 1 saturated carbocycles. The van der Waals surface area contributed by atoms with E-state index < -0.39 is 0 Å². The minimum atomic E-state index is 0.0751. The normalized spacial score (nSPS) is 21.3. The third-order valence-corrected chi connectivity index (χ3v) is 4.44. The first-order valence-corrected chi connectivity index (χ1v) is 7.93. The van der Waals surface area contributed by atoms with Gasteiger partial charge in [0.2, 0.25) is 5.91 Å². The molecule has 1 aromatic carbocycles. The monoisotopic (exact) mass is 297 g/mol. The van der Waals surface area contributed by atoms with Crippen LogP contribution in [0.5, 0.6) is 0 Å². The Labute approximate surface area is 129 Å². The Kier molecular flexibility index (Phi) is 3.36. The van der Waals surface area contributed by atoms with E-state index in [1.807, 2.05) is 23.1 Å². The van der Waals surface area contributed by atoms with Crippen LogP contribution in [0.25, 0.3) is 0 Å². The number of carbonyl (C=O) groups excluding carboxylic acids is 1. The lowest BCUT2D eigenvalue weighted by molar-refractivity contribution is -0.133. The van der Waals surface area contributed by atoms with E-state index in [4.69, 9.17) is 0 Å². The van der Waals surface area contributed by atoms with Crippen LogP contribution >= 0.6 is 0 Å². The maximum atomic E-state index is 12.6. The van der Waals surface area contributed by atoms with Crippen LogP contribution in [0.1, 0.15) is 49.0 Å². The number of amides is 1. The van der Waals surface area contributed by atoms with Crippen molar-refractivity contribution in [2.75, 3.05) is 6.54 Å². The standard InChI is InChI=1S/C16H19N5O/c22-15(11-21-18-16(17-19-21)13-8-9-13)20-10-4-7-14(20)12-5-2-1-3-6-12/h1-3,5-6,13-14H,4,7-11H2/t14-/m1/s1. The van der Waals surface area contributed by atoms with E-state index in [9.17, 15) is 4.79 Å². The number of tetrazole rings is 1. The molecule has 1 aromatic heterocycles. The fraction of sp³-hybridized carbons (Fsp3) is 0.500. The maximum absolute atomic E-state index is 12.6. The van der Waals surface area contributed by atoms with Crippen molar-refractivity contribution < 1.29 is 4.79 Å².